The number of hydrogen-bond donors (Lipinski definition) is 1. The van der Waals surface area contributed by atoms with E-state index in [9.17, 15) is 4.39 Å². The molecule has 0 aliphatic rings. The minimum atomic E-state index is -0.156. The largest absolute Gasteiger partial charge is 0.313 e. The van der Waals surface area contributed by atoms with Crippen LogP contribution in [-0.2, 0) is 0 Å². The Bertz CT molecular complexity index is 291. The predicted octanol–water partition coefficient (Wildman–Crippen LogP) is 3.31. The molecule has 1 N–H and O–H groups in total. The molecule has 0 fully saturated rings. The van der Waals surface area contributed by atoms with Gasteiger partial charge in [0.05, 0.1) is 0 Å². The topological polar surface area (TPSA) is 12.0 Å². The molecule has 1 rings (SSSR count). The smallest absolute Gasteiger partial charge is 0.124 e. The summed E-state index contributed by atoms with van der Waals surface area (Å²) in [5, 5.41) is 3.40. The number of thioether (sulfide) groups is 1. The highest BCUT2D eigenvalue weighted by atomic mass is 32.2. The van der Waals surface area contributed by atoms with Crippen LogP contribution >= 0.6 is 11.8 Å². The Morgan fingerprint density at radius 1 is 1.40 bits per heavy atom. The monoisotopic (exact) mass is 227 g/mol. The van der Waals surface area contributed by atoms with Crippen molar-refractivity contribution in [3.63, 3.8) is 0 Å². The third-order valence-electron chi connectivity index (χ3n) is 2.23. The van der Waals surface area contributed by atoms with Gasteiger partial charge >= 0.3 is 0 Å². The molecule has 1 aromatic carbocycles. The van der Waals surface area contributed by atoms with Crippen molar-refractivity contribution >= 4 is 11.8 Å². The maximum absolute atomic E-state index is 12.9. The molecule has 0 amide bonds. The zero-order valence-electron chi connectivity index (χ0n) is 9.29. The molecular weight excluding hydrogens is 209 g/mol. The SMILES string of the molecule is CCNC(CC)CSc1cccc(F)c1. The summed E-state index contributed by atoms with van der Waals surface area (Å²) in [5.74, 6) is 0.838. The second-order valence-electron chi connectivity index (χ2n) is 3.43. The van der Waals surface area contributed by atoms with Gasteiger partial charge in [0.2, 0.25) is 0 Å². The van der Waals surface area contributed by atoms with Crippen molar-refractivity contribution in [2.45, 2.75) is 31.2 Å². The molecule has 1 atom stereocenters. The Labute approximate surface area is 95.5 Å². The lowest BCUT2D eigenvalue weighted by atomic mass is 10.2. The summed E-state index contributed by atoms with van der Waals surface area (Å²) in [4.78, 5) is 1.01. The van der Waals surface area contributed by atoms with Gasteiger partial charge in [-0.25, -0.2) is 4.39 Å². The second-order valence-corrected chi connectivity index (χ2v) is 4.52. The summed E-state index contributed by atoms with van der Waals surface area (Å²) < 4.78 is 12.9. The van der Waals surface area contributed by atoms with Crippen molar-refractivity contribution in [3.05, 3.63) is 30.1 Å². The van der Waals surface area contributed by atoms with Crippen LogP contribution in [0.2, 0.25) is 0 Å². The van der Waals surface area contributed by atoms with Crippen molar-refractivity contribution in [2.24, 2.45) is 0 Å². The van der Waals surface area contributed by atoms with Gasteiger partial charge in [0, 0.05) is 16.7 Å². The Morgan fingerprint density at radius 2 is 2.20 bits per heavy atom. The maximum atomic E-state index is 12.9. The van der Waals surface area contributed by atoms with Crippen molar-refractivity contribution in [1.29, 1.82) is 0 Å². The van der Waals surface area contributed by atoms with Crippen LogP contribution in [0.5, 0.6) is 0 Å². The third-order valence-corrected chi connectivity index (χ3v) is 3.39. The van der Waals surface area contributed by atoms with Crippen LogP contribution in [0, 0.1) is 5.82 Å². The fourth-order valence-electron chi connectivity index (χ4n) is 1.36. The number of rotatable bonds is 6. The van der Waals surface area contributed by atoms with Crippen LogP contribution in [0.1, 0.15) is 20.3 Å². The minimum absolute atomic E-state index is 0.156. The molecule has 15 heavy (non-hydrogen) atoms. The Balaban J connectivity index is 2.41. The molecule has 84 valence electrons. The molecule has 3 heteroatoms. The summed E-state index contributed by atoms with van der Waals surface area (Å²) in [5.41, 5.74) is 0. The molecule has 0 saturated heterocycles. The van der Waals surface area contributed by atoms with E-state index in [1.807, 2.05) is 6.07 Å². The Hall–Kier alpha value is -0.540. The molecule has 0 bridgehead atoms. The zero-order chi connectivity index (χ0) is 11.1. The van der Waals surface area contributed by atoms with E-state index in [-0.39, 0.29) is 5.82 Å². The molecule has 0 radical (unpaired) electrons. The van der Waals surface area contributed by atoms with E-state index in [4.69, 9.17) is 0 Å². The molecule has 0 aromatic heterocycles. The maximum Gasteiger partial charge on any atom is 0.124 e. The van der Waals surface area contributed by atoms with Gasteiger partial charge in [-0.15, -0.1) is 11.8 Å². The van der Waals surface area contributed by atoms with Gasteiger partial charge in [0.15, 0.2) is 0 Å². The lowest BCUT2D eigenvalue weighted by molar-refractivity contribution is 0.560. The van der Waals surface area contributed by atoms with E-state index >= 15 is 0 Å². The normalized spacial score (nSPS) is 12.7. The van der Waals surface area contributed by atoms with Gasteiger partial charge < -0.3 is 5.32 Å². The molecule has 1 nitrogen and oxygen atoms in total. The van der Waals surface area contributed by atoms with Crippen molar-refractivity contribution in [1.82, 2.24) is 5.32 Å². The molecule has 0 aliphatic carbocycles. The highest BCUT2D eigenvalue weighted by molar-refractivity contribution is 7.99. The Morgan fingerprint density at radius 3 is 2.80 bits per heavy atom. The molecule has 1 unspecified atom stereocenters. The van der Waals surface area contributed by atoms with Crippen molar-refractivity contribution in [2.75, 3.05) is 12.3 Å². The number of benzene rings is 1. The Kier molecular flexibility index (Phi) is 5.73. The standard InChI is InChI=1S/C12H18FNS/c1-3-11(14-4-2)9-15-12-7-5-6-10(13)8-12/h5-8,11,14H,3-4,9H2,1-2H3. The van der Waals surface area contributed by atoms with E-state index in [0.29, 0.717) is 6.04 Å². The summed E-state index contributed by atoms with van der Waals surface area (Å²) in [6, 6.07) is 7.29. The fraction of sp³-hybridized carbons (Fsp3) is 0.500. The first kappa shape index (κ1) is 12.5. The molecule has 0 spiro atoms. The first-order chi connectivity index (χ1) is 7.26. The van der Waals surface area contributed by atoms with Gasteiger partial charge in [-0.3, -0.25) is 0 Å². The lowest BCUT2D eigenvalue weighted by Crippen LogP contribution is -2.30. The lowest BCUT2D eigenvalue weighted by Gasteiger charge is -2.14. The van der Waals surface area contributed by atoms with Gasteiger partial charge in [0.1, 0.15) is 5.82 Å². The van der Waals surface area contributed by atoms with Crippen LogP contribution in [0.15, 0.2) is 29.2 Å². The van der Waals surface area contributed by atoms with Gasteiger partial charge in [-0.2, -0.15) is 0 Å². The highest BCUT2D eigenvalue weighted by Gasteiger charge is 2.05. The van der Waals surface area contributed by atoms with E-state index in [1.165, 1.54) is 6.07 Å². The van der Waals surface area contributed by atoms with E-state index in [1.54, 1.807) is 23.9 Å². The molecule has 0 heterocycles. The van der Waals surface area contributed by atoms with Crippen LogP contribution in [0.3, 0.4) is 0 Å². The first-order valence-corrected chi connectivity index (χ1v) is 6.36. The van der Waals surface area contributed by atoms with Crippen LogP contribution in [-0.4, -0.2) is 18.3 Å². The van der Waals surface area contributed by atoms with Crippen LogP contribution < -0.4 is 5.32 Å². The predicted molar refractivity (Wildman–Crippen MR) is 64.9 cm³/mol. The third kappa shape index (κ3) is 4.67. The first-order valence-electron chi connectivity index (χ1n) is 5.38. The number of nitrogens with one attached hydrogen (secondary N) is 1. The van der Waals surface area contributed by atoms with E-state index in [2.05, 4.69) is 19.2 Å². The summed E-state index contributed by atoms with van der Waals surface area (Å²) in [6.45, 7) is 5.26. The molecule has 1 aromatic rings. The minimum Gasteiger partial charge on any atom is -0.313 e. The molecule has 0 saturated carbocycles. The quantitative estimate of drug-likeness (QED) is 0.748. The van der Waals surface area contributed by atoms with E-state index < -0.39 is 0 Å². The van der Waals surface area contributed by atoms with Gasteiger partial charge in [-0.05, 0) is 31.2 Å². The second kappa shape index (κ2) is 6.85. The van der Waals surface area contributed by atoms with Crippen molar-refractivity contribution < 1.29 is 4.39 Å². The number of halogens is 1. The van der Waals surface area contributed by atoms with Gasteiger partial charge in [0.25, 0.3) is 0 Å². The zero-order valence-corrected chi connectivity index (χ0v) is 10.1. The average Bonchev–Trinajstić information content (AvgIpc) is 2.24. The summed E-state index contributed by atoms with van der Waals surface area (Å²) in [6.07, 6.45) is 1.11. The fourth-order valence-corrected chi connectivity index (χ4v) is 2.48. The molecular formula is C12H18FNS. The number of hydrogen-bond acceptors (Lipinski definition) is 2. The van der Waals surface area contributed by atoms with Gasteiger partial charge in [-0.1, -0.05) is 19.9 Å². The van der Waals surface area contributed by atoms with Crippen LogP contribution in [0.4, 0.5) is 4.39 Å². The molecule has 0 aliphatic heterocycles. The highest BCUT2D eigenvalue weighted by Crippen LogP contribution is 2.20. The van der Waals surface area contributed by atoms with Crippen molar-refractivity contribution in [3.8, 4) is 0 Å². The van der Waals surface area contributed by atoms with E-state index in [0.717, 1.165) is 23.6 Å². The average molecular weight is 227 g/mol. The van der Waals surface area contributed by atoms with Crippen LogP contribution in [0.25, 0.3) is 0 Å². The summed E-state index contributed by atoms with van der Waals surface area (Å²) >= 11 is 1.70. The summed E-state index contributed by atoms with van der Waals surface area (Å²) in [7, 11) is 0.